The minimum absolute atomic E-state index is 0.0173. The fourth-order valence-corrected chi connectivity index (χ4v) is 8.08. The van der Waals surface area contributed by atoms with Crippen LogP contribution >= 0.6 is 0 Å². The van der Waals surface area contributed by atoms with E-state index in [0.29, 0.717) is 28.5 Å². The molecule has 2 heterocycles. The fourth-order valence-electron chi connectivity index (χ4n) is 8.08. The SMILES string of the molecule is CC(C)[C@H](NC(=O)C1(C)CCCCC1)c1ncc(-c2ccc(-c3ccc(-c4cnc([C@@H](NC(=O)C5(C)CCCCC5)C(C)C)[nH]4)c(OC(F)F)c3)cc2)[nH]1. The van der Waals surface area contributed by atoms with E-state index in [1.165, 1.54) is 6.42 Å². The number of halogens is 2. The van der Waals surface area contributed by atoms with Crippen LogP contribution in [0.15, 0.2) is 54.9 Å². The van der Waals surface area contributed by atoms with Gasteiger partial charge < -0.3 is 25.3 Å². The molecular formula is C43H56F2N6O3. The smallest absolute Gasteiger partial charge is 0.387 e. The van der Waals surface area contributed by atoms with Gasteiger partial charge in [-0.2, -0.15) is 8.78 Å². The van der Waals surface area contributed by atoms with Gasteiger partial charge >= 0.3 is 6.61 Å². The summed E-state index contributed by atoms with van der Waals surface area (Å²) in [6.45, 7) is 9.28. The van der Waals surface area contributed by atoms with Gasteiger partial charge in [0.25, 0.3) is 0 Å². The van der Waals surface area contributed by atoms with E-state index in [1.807, 2.05) is 51.1 Å². The van der Waals surface area contributed by atoms with Crippen LogP contribution in [0.5, 0.6) is 5.75 Å². The van der Waals surface area contributed by atoms with Crippen molar-refractivity contribution >= 4 is 11.8 Å². The Balaban J connectivity index is 1.19. The summed E-state index contributed by atoms with van der Waals surface area (Å²) in [7, 11) is 0. The first kappa shape index (κ1) is 39.2. The van der Waals surface area contributed by atoms with Crippen LogP contribution in [0.25, 0.3) is 33.6 Å². The summed E-state index contributed by atoms with van der Waals surface area (Å²) in [6, 6.07) is 12.4. The van der Waals surface area contributed by atoms with Crippen LogP contribution in [0.3, 0.4) is 0 Å². The Morgan fingerprint density at radius 2 is 1.11 bits per heavy atom. The Morgan fingerprint density at radius 1 is 0.667 bits per heavy atom. The van der Waals surface area contributed by atoms with Gasteiger partial charge in [0.05, 0.1) is 35.9 Å². The molecule has 2 aromatic heterocycles. The molecule has 4 aromatic rings. The van der Waals surface area contributed by atoms with E-state index < -0.39 is 12.0 Å². The zero-order valence-electron chi connectivity index (χ0n) is 32.5. The van der Waals surface area contributed by atoms with Gasteiger partial charge in [-0.05, 0) is 66.3 Å². The third kappa shape index (κ3) is 8.71. The minimum Gasteiger partial charge on any atom is -0.434 e. The number of rotatable bonds is 13. The normalized spacial score (nSPS) is 18.1. The molecule has 290 valence electrons. The number of carbonyl (C=O) groups is 2. The van der Waals surface area contributed by atoms with Crippen LogP contribution in [-0.2, 0) is 9.59 Å². The Labute approximate surface area is 317 Å². The molecule has 6 rings (SSSR count). The van der Waals surface area contributed by atoms with Crippen molar-refractivity contribution in [2.45, 2.75) is 124 Å². The number of aromatic amines is 2. The number of benzene rings is 2. The van der Waals surface area contributed by atoms with Crippen LogP contribution in [0.4, 0.5) is 8.78 Å². The van der Waals surface area contributed by atoms with Crippen LogP contribution in [0.2, 0.25) is 0 Å². The number of hydrogen-bond donors (Lipinski definition) is 4. The molecule has 2 aromatic carbocycles. The fraction of sp³-hybridized carbons (Fsp3) is 0.535. The molecule has 9 nitrogen and oxygen atoms in total. The predicted octanol–water partition coefficient (Wildman–Crippen LogP) is 10.3. The van der Waals surface area contributed by atoms with Gasteiger partial charge in [-0.15, -0.1) is 0 Å². The summed E-state index contributed by atoms with van der Waals surface area (Å²) < 4.78 is 32.6. The number of aromatic nitrogens is 4. The van der Waals surface area contributed by atoms with Crippen molar-refractivity contribution in [1.82, 2.24) is 30.6 Å². The first-order valence-electron chi connectivity index (χ1n) is 19.7. The highest BCUT2D eigenvalue weighted by Crippen LogP contribution is 2.40. The lowest BCUT2D eigenvalue weighted by Gasteiger charge is -2.34. The summed E-state index contributed by atoms with van der Waals surface area (Å²) in [4.78, 5) is 42.8. The number of hydrogen-bond acceptors (Lipinski definition) is 5. The quantitative estimate of drug-likeness (QED) is 0.109. The Kier molecular flexibility index (Phi) is 11.9. The number of carbonyl (C=O) groups excluding carboxylic acids is 2. The summed E-state index contributed by atoms with van der Waals surface area (Å²) in [5.74, 6) is 1.59. The molecular weight excluding hydrogens is 687 g/mol. The van der Waals surface area contributed by atoms with Crippen molar-refractivity contribution < 1.29 is 23.1 Å². The van der Waals surface area contributed by atoms with Gasteiger partial charge in [0, 0.05) is 16.4 Å². The minimum atomic E-state index is -3.03. The topological polar surface area (TPSA) is 125 Å². The van der Waals surface area contributed by atoms with Gasteiger partial charge in [-0.3, -0.25) is 9.59 Å². The number of alkyl halides is 2. The van der Waals surface area contributed by atoms with Crippen molar-refractivity contribution in [3.8, 4) is 39.4 Å². The lowest BCUT2D eigenvalue weighted by atomic mass is 9.75. The van der Waals surface area contributed by atoms with Crippen molar-refractivity contribution in [1.29, 1.82) is 0 Å². The van der Waals surface area contributed by atoms with Crippen molar-refractivity contribution in [2.24, 2.45) is 22.7 Å². The molecule has 2 saturated carbocycles. The van der Waals surface area contributed by atoms with Crippen LogP contribution in [0, 0.1) is 22.7 Å². The largest absolute Gasteiger partial charge is 0.434 e. The van der Waals surface area contributed by atoms with Crippen molar-refractivity contribution in [3.05, 3.63) is 66.5 Å². The molecule has 2 amide bonds. The van der Waals surface area contributed by atoms with Crippen molar-refractivity contribution in [2.75, 3.05) is 0 Å². The predicted molar refractivity (Wildman–Crippen MR) is 208 cm³/mol. The highest BCUT2D eigenvalue weighted by molar-refractivity contribution is 5.83. The molecule has 0 saturated heterocycles. The third-order valence-electron chi connectivity index (χ3n) is 11.7. The summed E-state index contributed by atoms with van der Waals surface area (Å²) >= 11 is 0. The van der Waals surface area contributed by atoms with Gasteiger partial charge in [0.2, 0.25) is 11.8 Å². The molecule has 0 bridgehead atoms. The zero-order valence-corrected chi connectivity index (χ0v) is 32.5. The van der Waals surface area contributed by atoms with Gasteiger partial charge in [0.15, 0.2) is 0 Å². The second kappa shape index (κ2) is 16.4. The monoisotopic (exact) mass is 742 g/mol. The highest BCUT2D eigenvalue weighted by Gasteiger charge is 2.38. The molecule has 0 unspecified atom stereocenters. The maximum atomic E-state index is 13.8. The molecule has 54 heavy (non-hydrogen) atoms. The maximum Gasteiger partial charge on any atom is 0.387 e. The third-order valence-corrected chi connectivity index (χ3v) is 11.7. The van der Waals surface area contributed by atoms with Crippen LogP contribution in [0.1, 0.15) is 129 Å². The molecule has 0 radical (unpaired) electrons. The highest BCUT2D eigenvalue weighted by atomic mass is 19.3. The van der Waals surface area contributed by atoms with Gasteiger partial charge in [0.1, 0.15) is 17.4 Å². The van der Waals surface area contributed by atoms with E-state index in [-0.39, 0.29) is 46.9 Å². The van der Waals surface area contributed by atoms with Gasteiger partial charge in [-0.1, -0.05) is 110 Å². The standard InChI is InChI=1S/C43H56F2N6O3/c1-26(2)35(50-39(52)42(5)19-9-7-10-20-42)37-46-24-32(48-37)29-15-13-28(14-16-29)30-17-18-31(34(23-30)54-41(44)45)33-25-47-38(49-33)36(27(3)4)51-40(53)43(6)21-11-8-12-22-43/h13-18,23-27,35-36,41H,7-12,19-22H2,1-6H3,(H,46,48)(H,47,49)(H,50,52)(H,51,53)/t35-,36-/m0/s1. The first-order chi connectivity index (χ1) is 25.8. The number of H-pyrrole nitrogens is 2. The van der Waals surface area contributed by atoms with Crippen LogP contribution in [-0.4, -0.2) is 38.4 Å². The van der Waals surface area contributed by atoms with E-state index in [2.05, 4.69) is 51.3 Å². The number of amides is 2. The second-order valence-electron chi connectivity index (χ2n) is 16.7. The van der Waals surface area contributed by atoms with Crippen LogP contribution < -0.4 is 15.4 Å². The Hall–Kier alpha value is -4.54. The molecule has 2 atom stereocenters. The molecule has 2 fully saturated rings. The lowest BCUT2D eigenvalue weighted by Crippen LogP contribution is -2.43. The van der Waals surface area contributed by atoms with E-state index in [9.17, 15) is 18.4 Å². The molecule has 4 N–H and O–H groups in total. The molecule has 0 aliphatic heterocycles. The molecule has 0 spiro atoms. The molecule has 2 aliphatic carbocycles. The van der Waals surface area contributed by atoms with E-state index >= 15 is 0 Å². The van der Waals surface area contributed by atoms with E-state index in [0.717, 1.165) is 74.6 Å². The zero-order chi connectivity index (χ0) is 38.6. The van der Waals surface area contributed by atoms with E-state index in [1.54, 1.807) is 24.5 Å². The lowest BCUT2D eigenvalue weighted by molar-refractivity contribution is -0.133. The first-order valence-corrected chi connectivity index (χ1v) is 19.7. The van der Waals surface area contributed by atoms with Crippen molar-refractivity contribution in [3.63, 3.8) is 0 Å². The average Bonchev–Trinajstić information content (AvgIpc) is 3.84. The summed E-state index contributed by atoms with van der Waals surface area (Å²) in [5.41, 5.74) is 3.45. The van der Waals surface area contributed by atoms with Gasteiger partial charge in [-0.25, -0.2) is 9.97 Å². The molecule has 11 heteroatoms. The average molecular weight is 743 g/mol. The maximum absolute atomic E-state index is 13.8. The number of nitrogens with one attached hydrogen (secondary N) is 4. The molecule has 2 aliphatic rings. The Morgan fingerprint density at radius 3 is 1.59 bits per heavy atom. The number of nitrogens with zero attached hydrogens (tertiary/aromatic N) is 2. The Bertz CT molecular complexity index is 1890. The summed E-state index contributed by atoms with van der Waals surface area (Å²) in [5, 5.41) is 6.51. The number of imidazole rings is 2. The van der Waals surface area contributed by atoms with E-state index in [4.69, 9.17) is 4.74 Å². The second-order valence-corrected chi connectivity index (χ2v) is 16.7. The summed E-state index contributed by atoms with van der Waals surface area (Å²) in [6.07, 6.45) is 13.5. The number of ether oxygens (including phenoxy) is 1.